The molecule has 0 bridgehead atoms. The van der Waals surface area contributed by atoms with Crippen LogP contribution < -0.4 is 15.4 Å². The van der Waals surface area contributed by atoms with Crippen LogP contribution in [0.5, 0.6) is 5.75 Å². The third kappa shape index (κ3) is 4.36. The van der Waals surface area contributed by atoms with Gasteiger partial charge in [-0.05, 0) is 44.0 Å². The highest BCUT2D eigenvalue weighted by atomic mass is 32.2. The largest absolute Gasteiger partial charge is 0.494 e. The summed E-state index contributed by atoms with van der Waals surface area (Å²) in [5.41, 5.74) is 0. The maximum Gasteiger partial charge on any atom is 0.243 e. The summed E-state index contributed by atoms with van der Waals surface area (Å²) >= 11 is 0. The third-order valence-electron chi connectivity index (χ3n) is 5.03. The number of nitrogens with one attached hydrogen (secondary N) is 2. The van der Waals surface area contributed by atoms with Crippen molar-refractivity contribution in [2.75, 3.05) is 39.3 Å². The molecule has 2 saturated heterocycles. The lowest BCUT2D eigenvalue weighted by atomic mass is 9.96. The molecule has 26 heavy (non-hydrogen) atoms. The molecule has 0 aliphatic carbocycles. The lowest BCUT2D eigenvalue weighted by Gasteiger charge is -2.32. The smallest absolute Gasteiger partial charge is 0.243 e. The van der Waals surface area contributed by atoms with Crippen LogP contribution in [0.3, 0.4) is 0 Å². The van der Waals surface area contributed by atoms with Gasteiger partial charge in [0.05, 0.1) is 11.5 Å². The molecule has 7 nitrogen and oxygen atoms in total. The van der Waals surface area contributed by atoms with Crippen molar-refractivity contribution in [1.82, 2.24) is 14.9 Å². The number of hydrogen-bond donors (Lipinski definition) is 2. The number of carbonyl (C=O) groups is 1. The number of carbonyl (C=O) groups excluding carboxylic acids is 1. The number of benzene rings is 1. The summed E-state index contributed by atoms with van der Waals surface area (Å²) in [7, 11) is -3.53. The van der Waals surface area contributed by atoms with Crippen LogP contribution in [-0.2, 0) is 14.8 Å². The normalized spacial score (nSPS) is 19.7. The van der Waals surface area contributed by atoms with Crippen LogP contribution in [0.4, 0.5) is 0 Å². The van der Waals surface area contributed by atoms with Crippen molar-refractivity contribution in [3.05, 3.63) is 24.3 Å². The molecule has 8 heteroatoms. The van der Waals surface area contributed by atoms with Crippen molar-refractivity contribution in [2.24, 2.45) is 11.8 Å². The first-order chi connectivity index (χ1) is 12.5. The maximum atomic E-state index is 12.8. The number of piperidine rings is 1. The summed E-state index contributed by atoms with van der Waals surface area (Å²) in [5, 5.41) is 6.18. The lowest BCUT2D eigenvalue weighted by molar-refractivity contribution is -0.126. The van der Waals surface area contributed by atoms with E-state index in [2.05, 4.69) is 10.6 Å². The fourth-order valence-corrected chi connectivity index (χ4v) is 4.73. The first-order valence-electron chi connectivity index (χ1n) is 9.22. The fraction of sp³-hybridized carbons (Fsp3) is 0.611. The molecule has 0 spiro atoms. The molecule has 0 aromatic heterocycles. The van der Waals surface area contributed by atoms with Crippen LogP contribution in [-0.4, -0.2) is 58.0 Å². The molecular weight excluding hydrogens is 354 g/mol. The van der Waals surface area contributed by atoms with E-state index in [0.29, 0.717) is 50.8 Å². The highest BCUT2D eigenvalue weighted by Gasteiger charge is 2.32. The molecular formula is C18H27N3O4S. The third-order valence-corrected chi connectivity index (χ3v) is 6.94. The zero-order chi connectivity index (χ0) is 18.6. The first-order valence-corrected chi connectivity index (χ1v) is 10.7. The number of hydrogen-bond acceptors (Lipinski definition) is 5. The summed E-state index contributed by atoms with van der Waals surface area (Å²) < 4.78 is 32.4. The van der Waals surface area contributed by atoms with Gasteiger partial charge in [-0.2, -0.15) is 4.31 Å². The Labute approximate surface area is 155 Å². The van der Waals surface area contributed by atoms with E-state index in [0.717, 1.165) is 13.1 Å². The summed E-state index contributed by atoms with van der Waals surface area (Å²) in [4.78, 5) is 12.5. The molecule has 1 amide bonds. The summed E-state index contributed by atoms with van der Waals surface area (Å²) in [6, 6.07) is 6.50. The van der Waals surface area contributed by atoms with Crippen LogP contribution in [0.25, 0.3) is 0 Å². The van der Waals surface area contributed by atoms with Crippen LogP contribution in [0.15, 0.2) is 29.2 Å². The van der Waals surface area contributed by atoms with E-state index in [1.807, 2.05) is 6.92 Å². The average Bonchev–Trinajstić information content (AvgIpc) is 2.61. The van der Waals surface area contributed by atoms with Gasteiger partial charge in [-0.3, -0.25) is 4.79 Å². The van der Waals surface area contributed by atoms with Crippen molar-refractivity contribution < 1.29 is 17.9 Å². The molecule has 3 rings (SSSR count). The van der Waals surface area contributed by atoms with Gasteiger partial charge in [-0.25, -0.2) is 8.42 Å². The molecule has 0 saturated carbocycles. The minimum Gasteiger partial charge on any atom is -0.494 e. The number of amides is 1. The van der Waals surface area contributed by atoms with Gasteiger partial charge in [-0.1, -0.05) is 0 Å². The van der Waals surface area contributed by atoms with Gasteiger partial charge in [0.2, 0.25) is 15.9 Å². The van der Waals surface area contributed by atoms with E-state index in [1.54, 1.807) is 24.3 Å². The van der Waals surface area contributed by atoms with E-state index < -0.39 is 10.0 Å². The minimum atomic E-state index is -3.53. The average molecular weight is 381 g/mol. The van der Waals surface area contributed by atoms with Crippen molar-refractivity contribution in [2.45, 2.75) is 24.7 Å². The van der Waals surface area contributed by atoms with Crippen LogP contribution in [0, 0.1) is 11.8 Å². The lowest BCUT2D eigenvalue weighted by Crippen LogP contribution is -2.50. The molecule has 0 radical (unpaired) electrons. The Hall–Kier alpha value is -1.64. The van der Waals surface area contributed by atoms with Gasteiger partial charge in [0.25, 0.3) is 0 Å². The second-order valence-electron chi connectivity index (χ2n) is 6.85. The van der Waals surface area contributed by atoms with E-state index in [1.165, 1.54) is 4.31 Å². The predicted molar refractivity (Wildman–Crippen MR) is 98.5 cm³/mol. The topological polar surface area (TPSA) is 87.7 Å². The molecule has 2 fully saturated rings. The highest BCUT2D eigenvalue weighted by molar-refractivity contribution is 7.89. The van der Waals surface area contributed by atoms with Gasteiger partial charge < -0.3 is 15.4 Å². The van der Waals surface area contributed by atoms with Crippen LogP contribution >= 0.6 is 0 Å². The van der Waals surface area contributed by atoms with Crippen LogP contribution in [0.1, 0.15) is 19.8 Å². The Balaban J connectivity index is 1.53. The Morgan fingerprint density at radius 1 is 1.23 bits per heavy atom. The zero-order valence-electron chi connectivity index (χ0n) is 15.1. The molecule has 144 valence electrons. The number of nitrogens with zero attached hydrogens (tertiary/aromatic N) is 1. The summed E-state index contributed by atoms with van der Waals surface area (Å²) in [6.45, 7) is 5.79. The van der Waals surface area contributed by atoms with E-state index in [9.17, 15) is 13.2 Å². The quantitative estimate of drug-likeness (QED) is 0.730. The van der Waals surface area contributed by atoms with E-state index >= 15 is 0 Å². The molecule has 2 aliphatic heterocycles. The van der Waals surface area contributed by atoms with E-state index in [4.69, 9.17) is 4.74 Å². The van der Waals surface area contributed by atoms with Gasteiger partial charge in [0.15, 0.2) is 0 Å². The van der Waals surface area contributed by atoms with Crippen molar-refractivity contribution in [1.29, 1.82) is 0 Å². The van der Waals surface area contributed by atoms with Crippen molar-refractivity contribution in [3.8, 4) is 5.75 Å². The van der Waals surface area contributed by atoms with Crippen molar-refractivity contribution in [3.63, 3.8) is 0 Å². The molecule has 0 atom stereocenters. The summed E-state index contributed by atoms with van der Waals surface area (Å²) in [6.07, 6.45) is 1.12. The first kappa shape index (κ1) is 19.1. The van der Waals surface area contributed by atoms with Crippen LogP contribution in [0.2, 0.25) is 0 Å². The second-order valence-corrected chi connectivity index (χ2v) is 8.79. The predicted octanol–water partition coefficient (Wildman–Crippen LogP) is 0.822. The monoisotopic (exact) mass is 381 g/mol. The minimum absolute atomic E-state index is 0.0509. The summed E-state index contributed by atoms with van der Waals surface area (Å²) in [5.74, 6) is 1.13. The number of ether oxygens (including phenoxy) is 1. The Morgan fingerprint density at radius 3 is 2.42 bits per heavy atom. The molecule has 1 aromatic carbocycles. The molecule has 0 unspecified atom stereocenters. The second kappa shape index (κ2) is 8.37. The Kier molecular flexibility index (Phi) is 6.16. The maximum absolute atomic E-state index is 12.8. The van der Waals surface area contributed by atoms with Gasteiger partial charge >= 0.3 is 0 Å². The SMILES string of the molecule is CCOc1ccc(S(=O)(=O)N2CCC(C(=O)NCC3CNC3)CC2)cc1. The molecule has 2 N–H and O–H groups in total. The number of rotatable bonds is 7. The number of sulfonamides is 1. The Morgan fingerprint density at radius 2 is 1.88 bits per heavy atom. The zero-order valence-corrected chi connectivity index (χ0v) is 15.9. The molecule has 2 heterocycles. The van der Waals surface area contributed by atoms with Gasteiger partial charge in [0.1, 0.15) is 5.75 Å². The van der Waals surface area contributed by atoms with E-state index in [-0.39, 0.29) is 16.7 Å². The standard InChI is InChI=1S/C18H27N3O4S/c1-2-25-16-3-5-17(6-4-16)26(23,24)21-9-7-15(8-10-21)18(22)20-13-14-11-19-12-14/h3-6,14-15,19H,2,7-13H2,1H3,(H,20,22). The van der Waals surface area contributed by atoms with Gasteiger partial charge in [0, 0.05) is 44.6 Å². The van der Waals surface area contributed by atoms with Gasteiger partial charge in [-0.15, -0.1) is 0 Å². The highest BCUT2D eigenvalue weighted by Crippen LogP contribution is 2.25. The van der Waals surface area contributed by atoms with Crippen molar-refractivity contribution >= 4 is 15.9 Å². The Bertz CT molecular complexity index is 708. The molecule has 1 aromatic rings. The molecule has 2 aliphatic rings. The fourth-order valence-electron chi connectivity index (χ4n) is 3.26.